The van der Waals surface area contributed by atoms with E-state index in [0.29, 0.717) is 61.2 Å². The van der Waals surface area contributed by atoms with E-state index in [-0.39, 0.29) is 24.8 Å². The first-order valence-electron chi connectivity index (χ1n) is 13.6. The molecule has 0 unspecified atom stereocenters. The molecule has 2 aliphatic heterocycles. The molecule has 2 aromatic rings. The van der Waals surface area contributed by atoms with Crippen molar-refractivity contribution < 1.29 is 27.5 Å². The van der Waals surface area contributed by atoms with Crippen LogP contribution in [0.2, 0.25) is 5.02 Å². The van der Waals surface area contributed by atoms with Crippen molar-refractivity contribution in [3.8, 4) is 0 Å². The summed E-state index contributed by atoms with van der Waals surface area (Å²) >= 11 is 6.21. The summed E-state index contributed by atoms with van der Waals surface area (Å²) in [5.74, 6) is -1.24. The van der Waals surface area contributed by atoms with Gasteiger partial charge in [-0.15, -0.1) is 0 Å². The van der Waals surface area contributed by atoms with Crippen LogP contribution >= 0.6 is 11.6 Å². The summed E-state index contributed by atoms with van der Waals surface area (Å²) in [6, 6.07) is 9.68. The maximum absolute atomic E-state index is 14.9. The van der Waals surface area contributed by atoms with Crippen molar-refractivity contribution in [2.45, 2.75) is 38.0 Å². The number of amides is 1. The van der Waals surface area contributed by atoms with Gasteiger partial charge in [0.05, 0.1) is 30.0 Å². The zero-order valence-corrected chi connectivity index (χ0v) is 23.1. The van der Waals surface area contributed by atoms with E-state index in [2.05, 4.69) is 15.5 Å². The van der Waals surface area contributed by atoms with Crippen molar-refractivity contribution in [3.05, 3.63) is 58.4 Å². The molecule has 0 aliphatic carbocycles. The van der Waals surface area contributed by atoms with Crippen LogP contribution in [0.5, 0.6) is 0 Å². The van der Waals surface area contributed by atoms with Gasteiger partial charge in [-0.2, -0.15) is 13.2 Å². The molecular weight excluding hydrogens is 550 g/mol. The molecule has 2 fully saturated rings. The second-order valence-electron chi connectivity index (χ2n) is 10.3. The number of nitrogens with one attached hydrogen (secondary N) is 2. The molecule has 0 bridgehead atoms. The number of benzene rings is 2. The molecule has 0 radical (unpaired) electrons. The van der Waals surface area contributed by atoms with Crippen molar-refractivity contribution >= 4 is 28.9 Å². The Morgan fingerprint density at radius 2 is 1.82 bits per heavy atom. The van der Waals surface area contributed by atoms with Gasteiger partial charge in [0.15, 0.2) is 0 Å². The lowest BCUT2D eigenvalue weighted by Crippen LogP contribution is -2.47. The van der Waals surface area contributed by atoms with E-state index in [4.69, 9.17) is 11.6 Å². The third kappa shape index (κ3) is 8.53. The first kappa shape index (κ1) is 30.5. The zero-order valence-electron chi connectivity index (χ0n) is 22.3. The maximum Gasteiger partial charge on any atom is 0.390 e. The molecule has 0 saturated carbocycles. The van der Waals surface area contributed by atoms with Crippen molar-refractivity contribution in [2.24, 2.45) is 0 Å². The molecule has 220 valence electrons. The van der Waals surface area contributed by atoms with E-state index in [1.54, 1.807) is 29.2 Å². The molecule has 0 spiro atoms. The summed E-state index contributed by atoms with van der Waals surface area (Å²) in [4.78, 5) is 19.0. The van der Waals surface area contributed by atoms with Crippen LogP contribution in [0.3, 0.4) is 0 Å². The smallest absolute Gasteiger partial charge is 0.390 e. The predicted octanol–water partition coefficient (Wildman–Crippen LogP) is 4.35. The maximum atomic E-state index is 14.9. The summed E-state index contributed by atoms with van der Waals surface area (Å²) in [5.41, 5.74) is 1.71. The number of likely N-dealkylation sites (tertiary alicyclic amines) is 1. The van der Waals surface area contributed by atoms with Gasteiger partial charge in [0.25, 0.3) is 5.91 Å². The minimum Gasteiger partial charge on any atom is -0.395 e. The quantitative estimate of drug-likeness (QED) is 0.269. The van der Waals surface area contributed by atoms with Crippen LogP contribution in [-0.4, -0.2) is 92.0 Å². The van der Waals surface area contributed by atoms with Crippen molar-refractivity contribution in [1.82, 2.24) is 15.1 Å². The number of aliphatic hydroxyl groups is 1. The first-order valence-corrected chi connectivity index (χ1v) is 14.0. The Hall–Kier alpha value is -2.44. The van der Waals surface area contributed by atoms with E-state index < -0.39 is 24.3 Å². The predicted molar refractivity (Wildman–Crippen MR) is 149 cm³/mol. The molecule has 2 saturated heterocycles. The van der Waals surface area contributed by atoms with E-state index in [0.717, 1.165) is 25.9 Å². The Balaban J connectivity index is 1.32. The SMILES string of the molecule is O=C(Nc1ccc(Cl)cc1N1CCN(CCC(F)(F)F)CC1)c1ccc(CNCCN2CCC[C@H]2CO)cc1F. The average Bonchev–Trinajstić information content (AvgIpc) is 3.38. The monoisotopic (exact) mass is 585 g/mol. The Labute approximate surface area is 237 Å². The van der Waals surface area contributed by atoms with Gasteiger partial charge in [-0.05, 0) is 55.3 Å². The number of nitrogens with zero attached hydrogens (tertiary/aromatic N) is 3. The van der Waals surface area contributed by atoms with E-state index in [1.165, 1.54) is 12.1 Å². The number of piperazine rings is 1. The van der Waals surface area contributed by atoms with Crippen molar-refractivity contribution in [1.29, 1.82) is 0 Å². The molecule has 40 heavy (non-hydrogen) atoms. The molecule has 1 atom stereocenters. The van der Waals surface area contributed by atoms with Crippen LogP contribution < -0.4 is 15.5 Å². The number of rotatable bonds is 11. The summed E-state index contributed by atoms with van der Waals surface area (Å²) in [6.45, 7) is 4.87. The van der Waals surface area contributed by atoms with Crippen LogP contribution in [0, 0.1) is 5.82 Å². The van der Waals surface area contributed by atoms with Crippen LogP contribution in [0.4, 0.5) is 28.9 Å². The van der Waals surface area contributed by atoms with E-state index in [9.17, 15) is 27.5 Å². The average molecular weight is 586 g/mol. The molecule has 2 aromatic carbocycles. The highest BCUT2D eigenvalue weighted by Gasteiger charge is 2.29. The molecule has 1 amide bonds. The van der Waals surface area contributed by atoms with Gasteiger partial charge in [0, 0.05) is 63.4 Å². The third-order valence-electron chi connectivity index (χ3n) is 7.53. The van der Waals surface area contributed by atoms with Gasteiger partial charge in [0.2, 0.25) is 0 Å². The minimum atomic E-state index is -4.19. The second-order valence-corrected chi connectivity index (χ2v) is 10.8. The second kappa shape index (κ2) is 14.0. The Bertz CT molecular complexity index is 1140. The Kier molecular flexibility index (Phi) is 10.6. The Morgan fingerprint density at radius 3 is 2.52 bits per heavy atom. The summed E-state index contributed by atoms with van der Waals surface area (Å²) < 4.78 is 52.7. The molecule has 3 N–H and O–H groups in total. The minimum absolute atomic E-state index is 0.0517. The molecular formula is C28H36ClF4N5O2. The number of carbonyl (C=O) groups excluding carboxylic acids is 1. The lowest BCUT2D eigenvalue weighted by atomic mass is 10.1. The molecule has 7 nitrogen and oxygen atoms in total. The zero-order chi connectivity index (χ0) is 28.7. The largest absolute Gasteiger partial charge is 0.395 e. The van der Waals surface area contributed by atoms with Gasteiger partial charge < -0.3 is 20.6 Å². The first-order chi connectivity index (χ1) is 19.1. The van der Waals surface area contributed by atoms with Crippen LogP contribution in [0.1, 0.15) is 35.2 Å². The fraction of sp³-hybridized carbons (Fsp3) is 0.536. The van der Waals surface area contributed by atoms with Crippen LogP contribution in [0.15, 0.2) is 36.4 Å². The van der Waals surface area contributed by atoms with Crippen LogP contribution in [0.25, 0.3) is 0 Å². The van der Waals surface area contributed by atoms with Gasteiger partial charge in [-0.3, -0.25) is 14.6 Å². The summed E-state index contributed by atoms with van der Waals surface area (Å²) in [7, 11) is 0. The fourth-order valence-corrected chi connectivity index (χ4v) is 5.43. The number of aliphatic hydroxyl groups excluding tert-OH is 1. The number of carbonyl (C=O) groups is 1. The topological polar surface area (TPSA) is 71.1 Å². The lowest BCUT2D eigenvalue weighted by molar-refractivity contribution is -0.138. The van der Waals surface area contributed by atoms with Gasteiger partial charge in [-0.1, -0.05) is 17.7 Å². The lowest BCUT2D eigenvalue weighted by Gasteiger charge is -2.37. The number of hydrogen-bond donors (Lipinski definition) is 3. The number of hydrogen-bond acceptors (Lipinski definition) is 6. The number of alkyl halides is 3. The van der Waals surface area contributed by atoms with E-state index >= 15 is 0 Å². The summed E-state index contributed by atoms with van der Waals surface area (Å²) in [6.07, 6.45) is -2.95. The van der Waals surface area contributed by atoms with Crippen molar-refractivity contribution in [3.63, 3.8) is 0 Å². The highest BCUT2D eigenvalue weighted by molar-refractivity contribution is 6.31. The number of anilines is 2. The highest BCUT2D eigenvalue weighted by atomic mass is 35.5. The van der Waals surface area contributed by atoms with Gasteiger partial charge in [-0.25, -0.2) is 4.39 Å². The van der Waals surface area contributed by atoms with Crippen LogP contribution in [-0.2, 0) is 6.54 Å². The molecule has 2 aliphatic rings. The molecule has 0 aromatic heterocycles. The standard InChI is InChI=1S/C28H36ClF4N5O2/c29-21-4-6-25(26(17-21)38-14-12-36(13-15-38)10-7-28(31,32)33)35-27(40)23-5-3-20(16-24(23)30)18-34-8-11-37-9-1-2-22(37)19-39/h3-6,16-17,22,34,39H,1-2,7-15,18-19H2,(H,35,40)/t22-/m0/s1. The van der Waals surface area contributed by atoms with Crippen molar-refractivity contribution in [2.75, 3.05) is 69.2 Å². The Morgan fingerprint density at radius 1 is 1.05 bits per heavy atom. The number of halogens is 5. The third-order valence-corrected chi connectivity index (χ3v) is 7.76. The summed E-state index contributed by atoms with van der Waals surface area (Å²) in [5, 5.41) is 15.9. The molecule has 12 heteroatoms. The van der Waals surface area contributed by atoms with Gasteiger partial charge >= 0.3 is 6.18 Å². The fourth-order valence-electron chi connectivity index (χ4n) is 5.26. The normalized spacial score (nSPS) is 18.9. The highest BCUT2D eigenvalue weighted by Crippen LogP contribution is 2.31. The molecule has 2 heterocycles. The molecule has 4 rings (SSSR count). The van der Waals surface area contributed by atoms with E-state index in [1.807, 2.05) is 4.90 Å². The van der Waals surface area contributed by atoms with Gasteiger partial charge in [0.1, 0.15) is 5.82 Å².